The molecule has 0 atom stereocenters. The number of hydrogen-bond donors (Lipinski definition) is 1. The van der Waals surface area contributed by atoms with E-state index in [0.717, 1.165) is 12.1 Å². The number of rotatable bonds is 1. The lowest BCUT2D eigenvalue weighted by molar-refractivity contribution is -0.387. The highest BCUT2D eigenvalue weighted by molar-refractivity contribution is 7.80. The molecule has 0 aromatic heterocycles. The minimum atomic E-state index is -0.855. The van der Waals surface area contributed by atoms with Crippen LogP contribution in [0.5, 0.6) is 0 Å². The van der Waals surface area contributed by atoms with Crippen LogP contribution in [0.4, 0.5) is 10.1 Å². The molecule has 0 N–H and O–H groups in total. The van der Waals surface area contributed by atoms with E-state index in [1.165, 1.54) is 6.07 Å². The van der Waals surface area contributed by atoms with Crippen LogP contribution in [0, 0.1) is 27.8 Å². The Bertz CT molecular complexity index is 423. The third-order valence-corrected chi connectivity index (χ3v) is 1.61. The van der Waals surface area contributed by atoms with E-state index < -0.39 is 16.4 Å². The molecule has 0 aliphatic carbocycles. The molecule has 0 fully saturated rings. The first-order valence-electron chi connectivity index (χ1n) is 3.69. The molecule has 1 rings (SSSR count). The van der Waals surface area contributed by atoms with E-state index in [1.54, 1.807) is 0 Å². The quantitative estimate of drug-likeness (QED) is 0.334. The van der Waals surface area contributed by atoms with E-state index in [4.69, 9.17) is 0 Å². The molecule has 3 nitrogen and oxygen atoms in total. The summed E-state index contributed by atoms with van der Waals surface area (Å²) in [5.41, 5.74) is -0.150. The van der Waals surface area contributed by atoms with E-state index in [1.807, 2.05) is 0 Å². The number of nitro groups is 1. The average molecular weight is 211 g/mol. The molecule has 0 aliphatic rings. The van der Waals surface area contributed by atoms with Crippen LogP contribution in [0.15, 0.2) is 18.2 Å². The summed E-state index contributed by atoms with van der Waals surface area (Å²) in [5.74, 6) is 4.74. The van der Waals surface area contributed by atoms with E-state index >= 15 is 0 Å². The Morgan fingerprint density at radius 3 is 2.86 bits per heavy atom. The number of nitro benzene ring substituents is 1. The number of nitrogens with zero attached hydrogens (tertiary/aromatic N) is 1. The van der Waals surface area contributed by atoms with Crippen molar-refractivity contribution in [3.63, 3.8) is 0 Å². The minimum Gasteiger partial charge on any atom is -0.258 e. The maximum atomic E-state index is 12.8. The molecular weight excluding hydrogens is 205 g/mol. The molecule has 0 bridgehead atoms. The second kappa shape index (κ2) is 4.63. The lowest BCUT2D eigenvalue weighted by Crippen LogP contribution is -1.92. The van der Waals surface area contributed by atoms with Crippen molar-refractivity contribution in [2.24, 2.45) is 0 Å². The van der Waals surface area contributed by atoms with Crippen molar-refractivity contribution in [3.05, 3.63) is 39.7 Å². The van der Waals surface area contributed by atoms with Crippen molar-refractivity contribution in [2.45, 2.75) is 0 Å². The number of benzene rings is 1. The Hall–Kier alpha value is -1.54. The fourth-order valence-corrected chi connectivity index (χ4v) is 0.951. The van der Waals surface area contributed by atoms with Crippen LogP contribution in [0.2, 0.25) is 0 Å². The standard InChI is InChI=1S/C9H6FNO2S/c10-8-4-3-7(2-1-5-14)6-9(8)11(12)13/h3-4,6,14H,5H2. The Morgan fingerprint density at radius 1 is 1.57 bits per heavy atom. The highest BCUT2D eigenvalue weighted by Crippen LogP contribution is 2.17. The Balaban J connectivity index is 3.13. The number of halogens is 1. The normalized spacial score (nSPS) is 9.00. The summed E-state index contributed by atoms with van der Waals surface area (Å²) in [5, 5.41) is 10.4. The zero-order chi connectivity index (χ0) is 10.6. The van der Waals surface area contributed by atoms with Crippen LogP contribution >= 0.6 is 12.6 Å². The molecule has 0 spiro atoms. The highest BCUT2D eigenvalue weighted by atomic mass is 32.1. The molecule has 0 heterocycles. The molecule has 1 aromatic rings. The molecule has 0 unspecified atom stereocenters. The fourth-order valence-electron chi connectivity index (χ4n) is 0.872. The summed E-state index contributed by atoms with van der Waals surface area (Å²) in [6, 6.07) is 3.52. The van der Waals surface area contributed by atoms with Crippen LogP contribution in [-0.4, -0.2) is 10.7 Å². The SMILES string of the molecule is O=[N+]([O-])c1cc(C#CCS)ccc1F. The van der Waals surface area contributed by atoms with E-state index in [0.29, 0.717) is 11.3 Å². The third kappa shape index (κ3) is 2.47. The maximum Gasteiger partial charge on any atom is 0.306 e. The molecular formula is C9H6FNO2S. The van der Waals surface area contributed by atoms with Crippen LogP contribution in [0.25, 0.3) is 0 Å². The third-order valence-electron chi connectivity index (χ3n) is 1.45. The number of hydrogen-bond acceptors (Lipinski definition) is 3. The van der Waals surface area contributed by atoms with Gasteiger partial charge < -0.3 is 0 Å². The maximum absolute atomic E-state index is 12.8. The number of thiol groups is 1. The lowest BCUT2D eigenvalue weighted by atomic mass is 10.2. The summed E-state index contributed by atoms with van der Waals surface area (Å²) in [4.78, 5) is 9.57. The van der Waals surface area contributed by atoms with E-state index in [9.17, 15) is 14.5 Å². The first-order valence-corrected chi connectivity index (χ1v) is 4.32. The predicted molar refractivity (Wildman–Crippen MR) is 53.8 cm³/mol. The second-order valence-corrected chi connectivity index (χ2v) is 2.70. The second-order valence-electron chi connectivity index (χ2n) is 2.38. The summed E-state index contributed by atoms with van der Waals surface area (Å²) in [6.45, 7) is 0. The summed E-state index contributed by atoms with van der Waals surface area (Å²) in [7, 11) is 0. The van der Waals surface area contributed by atoms with Crippen molar-refractivity contribution in [1.29, 1.82) is 0 Å². The Morgan fingerprint density at radius 2 is 2.29 bits per heavy atom. The van der Waals surface area contributed by atoms with Crippen LogP contribution < -0.4 is 0 Å². The van der Waals surface area contributed by atoms with Crippen molar-refractivity contribution < 1.29 is 9.31 Å². The summed E-state index contributed by atoms with van der Waals surface area (Å²) < 4.78 is 12.8. The average Bonchev–Trinajstić information content (AvgIpc) is 2.16. The molecule has 0 saturated carbocycles. The largest absolute Gasteiger partial charge is 0.306 e. The van der Waals surface area contributed by atoms with Gasteiger partial charge in [-0.15, -0.1) is 0 Å². The van der Waals surface area contributed by atoms with Crippen LogP contribution in [0.1, 0.15) is 5.56 Å². The van der Waals surface area contributed by atoms with Gasteiger partial charge >= 0.3 is 5.69 Å². The van der Waals surface area contributed by atoms with Crippen molar-refractivity contribution >= 4 is 18.3 Å². The topological polar surface area (TPSA) is 43.1 Å². The van der Waals surface area contributed by atoms with Gasteiger partial charge in [0, 0.05) is 11.6 Å². The van der Waals surface area contributed by atoms with Crippen molar-refractivity contribution in [2.75, 3.05) is 5.75 Å². The zero-order valence-corrected chi connectivity index (χ0v) is 7.92. The van der Waals surface area contributed by atoms with E-state index in [2.05, 4.69) is 24.5 Å². The highest BCUT2D eigenvalue weighted by Gasteiger charge is 2.13. The van der Waals surface area contributed by atoms with Crippen LogP contribution in [-0.2, 0) is 0 Å². The van der Waals surface area contributed by atoms with Gasteiger partial charge in [-0.25, -0.2) is 0 Å². The molecule has 0 radical (unpaired) electrons. The first-order chi connectivity index (χ1) is 6.65. The predicted octanol–water partition coefficient (Wildman–Crippen LogP) is 2.02. The van der Waals surface area contributed by atoms with Crippen molar-refractivity contribution in [1.82, 2.24) is 0 Å². The van der Waals surface area contributed by atoms with Gasteiger partial charge in [0.15, 0.2) is 0 Å². The molecule has 5 heteroatoms. The van der Waals surface area contributed by atoms with Crippen LogP contribution in [0.3, 0.4) is 0 Å². The Labute approximate surface area is 85.5 Å². The van der Waals surface area contributed by atoms with Gasteiger partial charge in [-0.2, -0.15) is 17.0 Å². The molecule has 14 heavy (non-hydrogen) atoms. The summed E-state index contributed by atoms with van der Waals surface area (Å²) in [6.07, 6.45) is 0. The molecule has 0 amide bonds. The van der Waals surface area contributed by atoms with Gasteiger partial charge in [0.25, 0.3) is 0 Å². The lowest BCUT2D eigenvalue weighted by Gasteiger charge is -1.93. The molecule has 1 aromatic carbocycles. The van der Waals surface area contributed by atoms with Gasteiger partial charge in [0.1, 0.15) is 0 Å². The monoisotopic (exact) mass is 211 g/mol. The van der Waals surface area contributed by atoms with Gasteiger partial charge in [-0.3, -0.25) is 10.1 Å². The minimum absolute atomic E-state index is 0.352. The van der Waals surface area contributed by atoms with Gasteiger partial charge in [0.05, 0.1) is 10.7 Å². The van der Waals surface area contributed by atoms with Gasteiger partial charge in [0.2, 0.25) is 5.82 Å². The molecule has 0 aliphatic heterocycles. The molecule has 0 saturated heterocycles. The first kappa shape index (κ1) is 10.5. The fraction of sp³-hybridized carbons (Fsp3) is 0.111. The summed E-state index contributed by atoms with van der Waals surface area (Å²) >= 11 is 3.86. The van der Waals surface area contributed by atoms with Crippen molar-refractivity contribution in [3.8, 4) is 11.8 Å². The smallest absolute Gasteiger partial charge is 0.258 e. The zero-order valence-electron chi connectivity index (χ0n) is 7.03. The molecule has 72 valence electrons. The van der Waals surface area contributed by atoms with E-state index in [-0.39, 0.29) is 0 Å². The van der Waals surface area contributed by atoms with Gasteiger partial charge in [-0.05, 0) is 12.1 Å². The Kier molecular flexibility index (Phi) is 3.48. The van der Waals surface area contributed by atoms with Gasteiger partial charge in [-0.1, -0.05) is 11.8 Å².